The van der Waals surface area contributed by atoms with Crippen molar-refractivity contribution in [1.82, 2.24) is 4.90 Å². The van der Waals surface area contributed by atoms with E-state index in [0.29, 0.717) is 18.6 Å². The summed E-state index contributed by atoms with van der Waals surface area (Å²) >= 11 is 0. The molecule has 21 heavy (non-hydrogen) atoms. The van der Waals surface area contributed by atoms with Crippen LogP contribution in [0.5, 0.6) is 0 Å². The molecule has 2 atom stereocenters. The lowest BCUT2D eigenvalue weighted by Crippen LogP contribution is -2.41. The molecule has 2 unspecified atom stereocenters. The van der Waals surface area contributed by atoms with E-state index in [9.17, 15) is 0 Å². The van der Waals surface area contributed by atoms with Crippen molar-refractivity contribution in [2.75, 3.05) is 20.2 Å². The summed E-state index contributed by atoms with van der Waals surface area (Å²) in [6, 6.07) is 9.32. The van der Waals surface area contributed by atoms with Crippen LogP contribution in [0.25, 0.3) is 0 Å². The third-order valence-corrected chi connectivity index (χ3v) is 4.23. The van der Waals surface area contributed by atoms with Crippen molar-refractivity contribution >= 4 is 0 Å². The Morgan fingerprint density at radius 2 is 2.14 bits per heavy atom. The quantitative estimate of drug-likeness (QED) is 0.904. The molecule has 118 valence electrons. The lowest BCUT2D eigenvalue weighted by atomic mass is 9.94. The summed E-state index contributed by atoms with van der Waals surface area (Å²) in [6.45, 7) is 7.52. The lowest BCUT2D eigenvalue weighted by Gasteiger charge is -2.35. The van der Waals surface area contributed by atoms with Crippen LogP contribution < -0.4 is 5.73 Å². The first-order chi connectivity index (χ1) is 10.1. The van der Waals surface area contributed by atoms with Gasteiger partial charge in [0.05, 0.1) is 6.61 Å². The van der Waals surface area contributed by atoms with Crippen molar-refractivity contribution in [2.24, 2.45) is 11.7 Å². The maximum absolute atomic E-state index is 6.53. The minimum absolute atomic E-state index is 0.226. The fraction of sp³-hybridized carbons (Fsp3) is 0.667. The van der Waals surface area contributed by atoms with E-state index in [4.69, 9.17) is 10.5 Å². The number of methoxy groups -OCH3 is 1. The second-order valence-corrected chi connectivity index (χ2v) is 6.67. The molecule has 0 spiro atoms. The Hall–Kier alpha value is -0.900. The van der Waals surface area contributed by atoms with E-state index in [1.54, 1.807) is 7.11 Å². The number of nitrogens with zero attached hydrogens (tertiary/aromatic N) is 1. The number of nitrogens with two attached hydrogens (primary N) is 1. The molecule has 0 amide bonds. The fourth-order valence-corrected chi connectivity index (χ4v) is 3.43. The molecule has 1 heterocycles. The van der Waals surface area contributed by atoms with Crippen LogP contribution in [0.15, 0.2) is 24.3 Å². The normalized spacial score (nSPS) is 24.2. The molecule has 0 bridgehead atoms. The van der Waals surface area contributed by atoms with E-state index >= 15 is 0 Å². The summed E-state index contributed by atoms with van der Waals surface area (Å²) < 4.78 is 5.27. The van der Waals surface area contributed by atoms with Crippen LogP contribution in [0, 0.1) is 5.92 Å². The zero-order valence-corrected chi connectivity index (χ0v) is 13.7. The Morgan fingerprint density at radius 1 is 1.33 bits per heavy atom. The highest BCUT2D eigenvalue weighted by Gasteiger charge is 2.29. The molecule has 1 saturated heterocycles. The minimum Gasteiger partial charge on any atom is -0.380 e. The van der Waals surface area contributed by atoms with Crippen molar-refractivity contribution < 1.29 is 4.74 Å². The Labute approximate surface area is 129 Å². The average Bonchev–Trinajstić information content (AvgIpc) is 2.60. The maximum atomic E-state index is 6.53. The largest absolute Gasteiger partial charge is 0.380 e. The second kappa shape index (κ2) is 7.92. The van der Waals surface area contributed by atoms with Crippen molar-refractivity contribution in [3.05, 3.63) is 35.4 Å². The summed E-state index contributed by atoms with van der Waals surface area (Å²) in [5, 5.41) is 0. The molecule has 0 radical (unpaired) electrons. The topological polar surface area (TPSA) is 38.5 Å². The number of likely N-dealkylation sites (tertiary alicyclic amines) is 1. The molecular weight excluding hydrogens is 260 g/mol. The van der Waals surface area contributed by atoms with Gasteiger partial charge in [-0.1, -0.05) is 44.5 Å². The number of hydrogen-bond acceptors (Lipinski definition) is 3. The summed E-state index contributed by atoms with van der Waals surface area (Å²) in [5.74, 6) is 0.667. The van der Waals surface area contributed by atoms with Crippen LogP contribution in [0.2, 0.25) is 0 Å². The maximum Gasteiger partial charge on any atom is 0.0713 e. The highest BCUT2D eigenvalue weighted by molar-refractivity contribution is 5.27. The van der Waals surface area contributed by atoms with E-state index in [2.05, 4.69) is 43.0 Å². The molecule has 2 rings (SSSR count). The van der Waals surface area contributed by atoms with Crippen molar-refractivity contribution in [3.8, 4) is 0 Å². The summed E-state index contributed by atoms with van der Waals surface area (Å²) in [7, 11) is 1.75. The number of rotatable bonds is 5. The van der Waals surface area contributed by atoms with Gasteiger partial charge in [0.1, 0.15) is 0 Å². The van der Waals surface area contributed by atoms with Crippen LogP contribution in [-0.2, 0) is 11.3 Å². The molecule has 0 aliphatic carbocycles. The number of hydrogen-bond donors (Lipinski definition) is 1. The molecule has 1 aliphatic rings. The van der Waals surface area contributed by atoms with Crippen LogP contribution in [0.4, 0.5) is 0 Å². The van der Waals surface area contributed by atoms with Crippen molar-refractivity contribution in [2.45, 2.75) is 51.8 Å². The molecule has 3 nitrogen and oxygen atoms in total. The standard InChI is InChI=1S/C18H30N2O/c1-14(2)12-20-10-5-4-9-17(19)18(20)16-8-6-7-15(11-16)13-21-3/h6-8,11,14,17-18H,4-5,9-10,12-13,19H2,1-3H3. The summed E-state index contributed by atoms with van der Waals surface area (Å²) in [6.07, 6.45) is 3.62. The molecule has 1 aromatic rings. The highest BCUT2D eigenvalue weighted by atomic mass is 16.5. The van der Waals surface area contributed by atoms with Gasteiger partial charge in [-0.05, 0) is 36.4 Å². The smallest absolute Gasteiger partial charge is 0.0713 e. The Balaban J connectivity index is 2.27. The van der Waals surface area contributed by atoms with Gasteiger partial charge < -0.3 is 10.5 Å². The van der Waals surface area contributed by atoms with Crippen LogP contribution in [0.1, 0.15) is 50.3 Å². The van der Waals surface area contributed by atoms with Gasteiger partial charge in [0.2, 0.25) is 0 Å². The first-order valence-corrected chi connectivity index (χ1v) is 8.19. The van der Waals surface area contributed by atoms with Crippen LogP contribution >= 0.6 is 0 Å². The Bertz CT molecular complexity index is 433. The molecule has 1 aliphatic heterocycles. The molecule has 1 aromatic carbocycles. The minimum atomic E-state index is 0.226. The number of benzene rings is 1. The molecular formula is C18H30N2O. The Kier molecular flexibility index (Phi) is 6.22. The van der Waals surface area contributed by atoms with Gasteiger partial charge in [-0.15, -0.1) is 0 Å². The molecule has 1 fully saturated rings. The van der Waals surface area contributed by atoms with Gasteiger partial charge in [0.25, 0.3) is 0 Å². The van der Waals surface area contributed by atoms with Crippen LogP contribution in [-0.4, -0.2) is 31.1 Å². The van der Waals surface area contributed by atoms with E-state index < -0.39 is 0 Å². The number of ether oxygens (including phenoxy) is 1. The van der Waals surface area contributed by atoms with Crippen molar-refractivity contribution in [3.63, 3.8) is 0 Å². The van der Waals surface area contributed by atoms with Gasteiger partial charge in [0.15, 0.2) is 0 Å². The first kappa shape index (κ1) is 16.5. The monoisotopic (exact) mass is 290 g/mol. The van der Waals surface area contributed by atoms with Crippen LogP contribution in [0.3, 0.4) is 0 Å². The average molecular weight is 290 g/mol. The van der Waals surface area contributed by atoms with E-state index in [1.807, 2.05) is 0 Å². The summed E-state index contributed by atoms with van der Waals surface area (Å²) in [4.78, 5) is 2.59. The van der Waals surface area contributed by atoms with Gasteiger partial charge in [-0.25, -0.2) is 0 Å². The van der Waals surface area contributed by atoms with E-state index in [-0.39, 0.29) is 6.04 Å². The SMILES string of the molecule is COCc1cccc(C2C(N)CCCCN2CC(C)C)c1. The molecule has 0 aromatic heterocycles. The predicted octanol–water partition coefficient (Wildman–Crippen LogP) is 3.34. The zero-order chi connectivity index (χ0) is 15.2. The molecule has 3 heteroatoms. The fourth-order valence-electron chi connectivity index (χ4n) is 3.43. The van der Waals surface area contributed by atoms with Crippen molar-refractivity contribution in [1.29, 1.82) is 0 Å². The van der Waals surface area contributed by atoms with Gasteiger partial charge in [-0.3, -0.25) is 4.90 Å². The van der Waals surface area contributed by atoms with E-state index in [1.165, 1.54) is 24.0 Å². The summed E-state index contributed by atoms with van der Waals surface area (Å²) in [5.41, 5.74) is 9.11. The van der Waals surface area contributed by atoms with Gasteiger partial charge in [0, 0.05) is 25.7 Å². The zero-order valence-electron chi connectivity index (χ0n) is 13.7. The third kappa shape index (κ3) is 4.53. The molecule has 0 saturated carbocycles. The molecule has 2 N–H and O–H groups in total. The van der Waals surface area contributed by atoms with E-state index in [0.717, 1.165) is 19.5 Å². The van der Waals surface area contributed by atoms with Gasteiger partial charge in [-0.2, -0.15) is 0 Å². The second-order valence-electron chi connectivity index (χ2n) is 6.67. The lowest BCUT2D eigenvalue weighted by molar-refractivity contribution is 0.164. The highest BCUT2D eigenvalue weighted by Crippen LogP contribution is 2.30. The Morgan fingerprint density at radius 3 is 2.86 bits per heavy atom. The van der Waals surface area contributed by atoms with Gasteiger partial charge >= 0.3 is 0 Å². The first-order valence-electron chi connectivity index (χ1n) is 8.19. The predicted molar refractivity (Wildman–Crippen MR) is 88.1 cm³/mol. The third-order valence-electron chi connectivity index (χ3n) is 4.23.